The normalized spacial score (nSPS) is 16.0. The monoisotopic (exact) mass is 501 g/mol. The topological polar surface area (TPSA) is 35.3 Å². The summed E-state index contributed by atoms with van der Waals surface area (Å²) in [5.74, 6) is 2.63. The summed E-state index contributed by atoms with van der Waals surface area (Å²) in [4.78, 5) is 4.77. The molecule has 2 aromatic carbocycles. The first-order valence-electron chi connectivity index (χ1n) is 12.2. The molecule has 1 saturated carbocycles. The van der Waals surface area contributed by atoms with E-state index in [1.54, 1.807) is 6.07 Å². The summed E-state index contributed by atoms with van der Waals surface area (Å²) in [7, 11) is 4.39. The van der Waals surface area contributed by atoms with Gasteiger partial charge in [0.15, 0.2) is 5.76 Å². The van der Waals surface area contributed by atoms with E-state index in [4.69, 9.17) is 37.3 Å². The molecule has 1 aliphatic rings. The van der Waals surface area contributed by atoms with E-state index in [1.807, 2.05) is 18.3 Å². The SMILES string of the molecule is C[N+](C)(CCOCc1ccc(Cl)c(Cl)c1)Cc1cnc(C(c2ccccc2)C2CCCCC2)o1. The number of quaternary nitrogens is 1. The zero-order valence-corrected chi connectivity index (χ0v) is 21.7. The van der Waals surface area contributed by atoms with Crippen molar-refractivity contribution in [3.8, 4) is 0 Å². The van der Waals surface area contributed by atoms with Gasteiger partial charge in [-0.15, -0.1) is 0 Å². The van der Waals surface area contributed by atoms with Crippen molar-refractivity contribution in [2.24, 2.45) is 5.92 Å². The number of ether oxygens (including phenoxy) is 1. The van der Waals surface area contributed by atoms with Gasteiger partial charge in [-0.05, 0) is 42.0 Å². The van der Waals surface area contributed by atoms with Crippen molar-refractivity contribution in [3.63, 3.8) is 0 Å². The number of rotatable bonds is 10. The highest BCUT2D eigenvalue weighted by molar-refractivity contribution is 6.42. The van der Waals surface area contributed by atoms with Gasteiger partial charge >= 0.3 is 0 Å². The second-order valence-electron chi connectivity index (χ2n) is 10.1. The van der Waals surface area contributed by atoms with Gasteiger partial charge in [-0.3, -0.25) is 0 Å². The zero-order valence-electron chi connectivity index (χ0n) is 20.2. The molecular weight excluding hydrogens is 467 g/mol. The van der Waals surface area contributed by atoms with Crippen LogP contribution >= 0.6 is 23.2 Å². The van der Waals surface area contributed by atoms with Gasteiger partial charge in [0, 0.05) is 0 Å². The summed E-state index contributed by atoms with van der Waals surface area (Å²) >= 11 is 12.1. The van der Waals surface area contributed by atoms with E-state index in [1.165, 1.54) is 37.7 Å². The molecule has 4 nitrogen and oxygen atoms in total. The van der Waals surface area contributed by atoms with Crippen molar-refractivity contribution in [2.75, 3.05) is 27.2 Å². The van der Waals surface area contributed by atoms with Crippen LogP contribution in [-0.4, -0.2) is 36.7 Å². The summed E-state index contributed by atoms with van der Waals surface area (Å²) < 4.78 is 13.1. The van der Waals surface area contributed by atoms with Crippen LogP contribution in [0.15, 0.2) is 59.1 Å². The highest BCUT2D eigenvalue weighted by atomic mass is 35.5. The summed E-state index contributed by atoms with van der Waals surface area (Å²) in [6.45, 7) is 2.80. The molecule has 182 valence electrons. The summed E-state index contributed by atoms with van der Waals surface area (Å²) in [6, 6.07) is 16.4. The Balaban J connectivity index is 1.35. The fourth-order valence-electron chi connectivity index (χ4n) is 4.92. The van der Waals surface area contributed by atoms with Crippen LogP contribution in [0.25, 0.3) is 0 Å². The number of likely N-dealkylation sites (N-methyl/N-ethyl adjacent to an activating group) is 1. The van der Waals surface area contributed by atoms with Gasteiger partial charge in [-0.25, -0.2) is 4.98 Å². The molecule has 34 heavy (non-hydrogen) atoms. The first-order chi connectivity index (χ1) is 16.4. The van der Waals surface area contributed by atoms with E-state index in [0.717, 1.165) is 34.8 Å². The van der Waals surface area contributed by atoms with E-state index in [0.29, 0.717) is 29.2 Å². The number of oxazole rings is 1. The Hall–Kier alpha value is -1.85. The van der Waals surface area contributed by atoms with Crippen molar-refractivity contribution >= 4 is 23.2 Å². The molecule has 0 aliphatic heterocycles. The van der Waals surface area contributed by atoms with Gasteiger partial charge in [0.25, 0.3) is 0 Å². The number of hydrogen-bond acceptors (Lipinski definition) is 3. The molecule has 1 atom stereocenters. The van der Waals surface area contributed by atoms with Crippen LogP contribution in [0.3, 0.4) is 0 Å². The molecule has 1 aromatic heterocycles. The smallest absolute Gasteiger partial charge is 0.202 e. The predicted molar refractivity (Wildman–Crippen MR) is 138 cm³/mol. The van der Waals surface area contributed by atoms with Crippen LogP contribution in [0.4, 0.5) is 0 Å². The number of hydrogen-bond donors (Lipinski definition) is 0. The van der Waals surface area contributed by atoms with Crippen LogP contribution in [0.5, 0.6) is 0 Å². The van der Waals surface area contributed by atoms with Crippen LogP contribution < -0.4 is 0 Å². The predicted octanol–water partition coefficient (Wildman–Crippen LogP) is 7.49. The molecule has 1 aliphatic carbocycles. The molecule has 0 amide bonds. The Morgan fingerprint density at radius 2 is 1.79 bits per heavy atom. The zero-order chi connectivity index (χ0) is 24.0. The Bertz CT molecular complexity index is 1050. The van der Waals surface area contributed by atoms with Crippen molar-refractivity contribution < 1.29 is 13.6 Å². The Morgan fingerprint density at radius 3 is 2.53 bits per heavy atom. The first-order valence-corrected chi connectivity index (χ1v) is 13.0. The lowest BCUT2D eigenvalue weighted by atomic mass is 9.77. The molecule has 3 aromatic rings. The van der Waals surface area contributed by atoms with Gasteiger partial charge in [-0.2, -0.15) is 0 Å². The molecule has 0 spiro atoms. The molecule has 0 N–H and O–H groups in total. The maximum absolute atomic E-state index is 6.39. The van der Waals surface area contributed by atoms with Gasteiger partial charge < -0.3 is 13.6 Å². The molecular formula is C28H35Cl2N2O2+. The van der Waals surface area contributed by atoms with Gasteiger partial charge in [-0.1, -0.05) is 78.9 Å². The van der Waals surface area contributed by atoms with Gasteiger partial charge in [0.05, 0.1) is 49.5 Å². The minimum atomic E-state index is 0.236. The molecule has 1 heterocycles. The number of nitrogens with zero attached hydrogens (tertiary/aromatic N) is 2. The van der Waals surface area contributed by atoms with Gasteiger partial charge in [0.1, 0.15) is 13.1 Å². The quantitative estimate of drug-likeness (QED) is 0.213. The molecule has 1 unspecified atom stereocenters. The standard InChI is InChI=1S/C28H35Cl2N2O2/c1-32(2,15-16-33-20-21-13-14-25(29)26(30)17-21)19-24-18-31-28(34-24)27(22-9-5-3-6-10-22)23-11-7-4-8-12-23/h3,5-6,9-10,13-14,17-18,23,27H,4,7-8,11-12,15-16,19-20H2,1-2H3/q+1. The van der Waals surface area contributed by atoms with Crippen LogP contribution in [-0.2, 0) is 17.9 Å². The molecule has 1 fully saturated rings. The van der Waals surface area contributed by atoms with E-state index in [9.17, 15) is 0 Å². The largest absolute Gasteiger partial charge is 0.439 e. The average Bonchev–Trinajstić information content (AvgIpc) is 3.27. The number of aromatic nitrogens is 1. The fourth-order valence-corrected chi connectivity index (χ4v) is 5.24. The fraction of sp³-hybridized carbons (Fsp3) is 0.464. The Kier molecular flexibility index (Phi) is 8.70. The van der Waals surface area contributed by atoms with E-state index in [2.05, 4.69) is 44.4 Å². The van der Waals surface area contributed by atoms with E-state index >= 15 is 0 Å². The number of halogens is 2. The average molecular weight is 503 g/mol. The lowest BCUT2D eigenvalue weighted by Gasteiger charge is -2.29. The minimum absolute atomic E-state index is 0.236. The van der Waals surface area contributed by atoms with E-state index < -0.39 is 0 Å². The van der Waals surface area contributed by atoms with Crippen LogP contribution in [0, 0.1) is 5.92 Å². The Labute approximate surface area is 213 Å². The first kappa shape index (κ1) is 25.2. The molecule has 4 rings (SSSR count). The Morgan fingerprint density at radius 1 is 1.03 bits per heavy atom. The van der Waals surface area contributed by atoms with Crippen molar-refractivity contribution in [1.82, 2.24) is 4.98 Å². The molecule has 0 bridgehead atoms. The maximum Gasteiger partial charge on any atom is 0.202 e. The molecule has 0 radical (unpaired) electrons. The molecule has 6 heteroatoms. The summed E-state index contributed by atoms with van der Waals surface area (Å²) in [5, 5.41) is 1.12. The van der Waals surface area contributed by atoms with Crippen LogP contribution in [0.1, 0.15) is 60.8 Å². The summed E-state index contributed by atoms with van der Waals surface area (Å²) in [5.41, 5.74) is 2.33. The van der Waals surface area contributed by atoms with Crippen molar-refractivity contribution in [1.29, 1.82) is 0 Å². The van der Waals surface area contributed by atoms with E-state index in [-0.39, 0.29) is 5.92 Å². The van der Waals surface area contributed by atoms with Crippen LogP contribution in [0.2, 0.25) is 10.0 Å². The minimum Gasteiger partial charge on any atom is -0.439 e. The lowest BCUT2D eigenvalue weighted by molar-refractivity contribution is -0.905. The third kappa shape index (κ3) is 6.85. The maximum atomic E-state index is 6.39. The highest BCUT2D eigenvalue weighted by Crippen LogP contribution is 2.40. The third-order valence-corrected chi connectivity index (χ3v) is 7.53. The lowest BCUT2D eigenvalue weighted by Crippen LogP contribution is -2.41. The van der Waals surface area contributed by atoms with Crippen molar-refractivity contribution in [3.05, 3.63) is 87.6 Å². The third-order valence-electron chi connectivity index (χ3n) is 6.79. The second-order valence-corrected chi connectivity index (χ2v) is 10.9. The second kappa shape index (κ2) is 11.7. The van der Waals surface area contributed by atoms with Gasteiger partial charge in [0.2, 0.25) is 5.89 Å². The summed E-state index contributed by atoms with van der Waals surface area (Å²) in [6.07, 6.45) is 8.35. The highest BCUT2D eigenvalue weighted by Gasteiger charge is 2.31. The molecule has 0 saturated heterocycles. The number of benzene rings is 2. The van der Waals surface area contributed by atoms with Crippen molar-refractivity contribution in [2.45, 2.75) is 51.2 Å².